The van der Waals surface area contributed by atoms with Gasteiger partial charge < -0.3 is 20.9 Å². The molecule has 168 valence electrons. The molecule has 8 nitrogen and oxygen atoms in total. The first-order valence-corrected chi connectivity index (χ1v) is 12.0. The van der Waals surface area contributed by atoms with Crippen molar-refractivity contribution in [2.75, 3.05) is 24.1 Å². The normalized spacial score (nSPS) is 16.5. The summed E-state index contributed by atoms with van der Waals surface area (Å²) in [5, 5.41) is 2.89. The maximum absolute atomic E-state index is 12.7. The largest absolute Gasteiger partial charge is 0.397 e. The number of Topliss-reactive ketones (excluding diaryl/α,β-unsaturated/α-hetero) is 1. The van der Waals surface area contributed by atoms with Crippen LogP contribution in [-0.4, -0.2) is 51.6 Å². The summed E-state index contributed by atoms with van der Waals surface area (Å²) in [4.78, 5) is 45.4. The molecule has 1 aromatic heterocycles. The fourth-order valence-electron chi connectivity index (χ4n) is 4.11. The van der Waals surface area contributed by atoms with E-state index in [9.17, 15) is 14.4 Å². The lowest BCUT2D eigenvalue weighted by atomic mass is 10.0. The Balaban J connectivity index is 1.28. The topological polar surface area (TPSA) is 109 Å². The minimum atomic E-state index is -0.123. The number of aromatic nitrogens is 1. The highest BCUT2D eigenvalue weighted by molar-refractivity contribution is 9.11. The number of hydrogen-bond donors (Lipinski definition) is 2. The van der Waals surface area contributed by atoms with Crippen LogP contribution in [0.4, 0.5) is 16.2 Å². The lowest BCUT2D eigenvalue weighted by Gasteiger charge is -2.40. The number of urea groups is 1. The first-order valence-electron chi connectivity index (χ1n) is 10.4. The molecule has 0 aliphatic carbocycles. The molecular formula is C22H23Br2N5O3. The second-order valence-electron chi connectivity index (χ2n) is 7.98. The van der Waals surface area contributed by atoms with Crippen LogP contribution in [0.25, 0.3) is 0 Å². The first-order chi connectivity index (χ1) is 15.3. The van der Waals surface area contributed by atoms with Crippen molar-refractivity contribution >= 4 is 61.0 Å². The Morgan fingerprint density at radius 3 is 2.53 bits per heavy atom. The summed E-state index contributed by atoms with van der Waals surface area (Å²) < 4.78 is 1.29. The summed E-state index contributed by atoms with van der Waals surface area (Å²) >= 11 is 6.68. The number of anilines is 2. The molecule has 2 aliphatic heterocycles. The molecule has 0 unspecified atom stereocenters. The van der Waals surface area contributed by atoms with Gasteiger partial charge in [0.2, 0.25) is 5.91 Å². The molecule has 0 atom stereocenters. The average Bonchev–Trinajstić information content (AvgIpc) is 2.80. The lowest BCUT2D eigenvalue weighted by molar-refractivity contribution is -0.132. The second kappa shape index (κ2) is 9.58. The summed E-state index contributed by atoms with van der Waals surface area (Å²) in [6.45, 7) is 1.69. The number of halogens is 2. The Morgan fingerprint density at radius 2 is 1.84 bits per heavy atom. The van der Waals surface area contributed by atoms with E-state index in [1.54, 1.807) is 29.4 Å². The quantitative estimate of drug-likeness (QED) is 0.418. The van der Waals surface area contributed by atoms with E-state index in [-0.39, 0.29) is 36.6 Å². The molecule has 0 saturated carbocycles. The van der Waals surface area contributed by atoms with Crippen LogP contribution in [0.2, 0.25) is 0 Å². The molecule has 2 aliphatic rings. The molecule has 3 heterocycles. The van der Waals surface area contributed by atoms with Crippen molar-refractivity contribution in [2.24, 2.45) is 0 Å². The molecule has 10 heteroatoms. The number of hydrogen-bond acceptors (Lipinski definition) is 5. The van der Waals surface area contributed by atoms with Gasteiger partial charge in [-0.25, -0.2) is 4.79 Å². The molecule has 3 amide bonds. The predicted molar refractivity (Wildman–Crippen MR) is 128 cm³/mol. The summed E-state index contributed by atoms with van der Waals surface area (Å²) in [5.74, 6) is -0.141. The number of fused-ring (bicyclic) bond motifs is 1. The van der Waals surface area contributed by atoms with Gasteiger partial charge in [0.1, 0.15) is 0 Å². The monoisotopic (exact) mass is 563 g/mol. The zero-order valence-corrected chi connectivity index (χ0v) is 20.5. The number of likely N-dealkylation sites (tertiary alicyclic amines) is 1. The smallest absolute Gasteiger partial charge is 0.322 e. The van der Waals surface area contributed by atoms with Crippen LogP contribution < -0.4 is 11.1 Å². The number of piperidine rings is 1. The number of nitrogens with zero attached hydrogens (tertiary/aromatic N) is 3. The molecule has 2 aromatic rings. The van der Waals surface area contributed by atoms with E-state index >= 15 is 0 Å². The van der Waals surface area contributed by atoms with Crippen molar-refractivity contribution in [2.45, 2.75) is 38.3 Å². The number of benzene rings is 1. The predicted octanol–water partition coefficient (Wildman–Crippen LogP) is 4.19. The van der Waals surface area contributed by atoms with E-state index in [1.807, 2.05) is 11.0 Å². The zero-order chi connectivity index (χ0) is 22.8. The van der Waals surface area contributed by atoms with Gasteiger partial charge in [-0.05, 0) is 68.5 Å². The van der Waals surface area contributed by atoms with Gasteiger partial charge in [-0.1, -0.05) is 0 Å². The third-order valence-corrected chi connectivity index (χ3v) is 7.29. The third-order valence-electron chi connectivity index (χ3n) is 5.98. The number of nitrogens with one attached hydrogen (secondary N) is 1. The van der Waals surface area contributed by atoms with E-state index in [1.165, 1.54) is 0 Å². The van der Waals surface area contributed by atoms with E-state index in [0.717, 1.165) is 11.3 Å². The van der Waals surface area contributed by atoms with Gasteiger partial charge in [0.25, 0.3) is 0 Å². The highest BCUT2D eigenvalue weighted by Gasteiger charge is 2.32. The van der Waals surface area contributed by atoms with E-state index in [0.29, 0.717) is 52.7 Å². The number of rotatable bonds is 5. The summed E-state index contributed by atoms with van der Waals surface area (Å²) in [7, 11) is 0. The molecule has 3 N–H and O–H groups in total. The minimum absolute atomic E-state index is 0.0371. The van der Waals surface area contributed by atoms with E-state index < -0.39 is 0 Å². The number of carbonyl (C=O) groups is 3. The summed E-state index contributed by atoms with van der Waals surface area (Å²) in [5.41, 5.74) is 8.71. The fraction of sp³-hybridized carbons (Fsp3) is 0.364. The average molecular weight is 565 g/mol. The molecule has 1 aromatic carbocycles. The summed E-state index contributed by atoms with van der Waals surface area (Å²) in [6.07, 6.45) is 5.11. The zero-order valence-electron chi connectivity index (χ0n) is 17.3. The standard InChI is InChI=1S/C22H23Br2N5O3/c23-16-9-14(10-17(24)21(16)25)19(30)1-2-20(31)28-7-4-15(5-8-28)29-12-13-3-6-26-11-18(13)27-22(29)32/h3,6,9-11,15H,1-2,4-5,7-8,12,25H2,(H,27,32). The van der Waals surface area contributed by atoms with Gasteiger partial charge in [0, 0.05) is 59.2 Å². The van der Waals surface area contributed by atoms with Crippen LogP contribution in [0.1, 0.15) is 41.6 Å². The van der Waals surface area contributed by atoms with Gasteiger partial charge in [-0.15, -0.1) is 0 Å². The number of amides is 3. The minimum Gasteiger partial charge on any atom is -0.397 e. The third kappa shape index (κ3) is 4.80. The van der Waals surface area contributed by atoms with Crippen LogP contribution in [0.3, 0.4) is 0 Å². The Hall–Kier alpha value is -2.46. The molecule has 1 fully saturated rings. The molecular weight excluding hydrogens is 542 g/mol. The molecule has 0 radical (unpaired) electrons. The van der Waals surface area contributed by atoms with Crippen molar-refractivity contribution in [1.82, 2.24) is 14.8 Å². The van der Waals surface area contributed by atoms with Crippen LogP contribution in [0.5, 0.6) is 0 Å². The van der Waals surface area contributed by atoms with Crippen LogP contribution in [0, 0.1) is 0 Å². The van der Waals surface area contributed by atoms with Gasteiger partial charge in [-0.2, -0.15) is 0 Å². The first kappa shape index (κ1) is 22.7. The van der Waals surface area contributed by atoms with E-state index in [2.05, 4.69) is 42.2 Å². The summed E-state index contributed by atoms with van der Waals surface area (Å²) in [6, 6.07) is 5.22. The van der Waals surface area contributed by atoms with Gasteiger partial charge in [0.15, 0.2) is 5.78 Å². The Morgan fingerprint density at radius 1 is 1.16 bits per heavy atom. The molecule has 0 spiro atoms. The van der Waals surface area contributed by atoms with Crippen molar-refractivity contribution < 1.29 is 14.4 Å². The van der Waals surface area contributed by atoms with Gasteiger partial charge >= 0.3 is 6.03 Å². The van der Waals surface area contributed by atoms with E-state index in [4.69, 9.17) is 5.73 Å². The van der Waals surface area contributed by atoms with Crippen molar-refractivity contribution in [3.8, 4) is 0 Å². The Kier molecular flexibility index (Phi) is 6.80. The van der Waals surface area contributed by atoms with Crippen molar-refractivity contribution in [3.05, 3.63) is 50.7 Å². The molecule has 32 heavy (non-hydrogen) atoms. The number of pyridine rings is 1. The van der Waals surface area contributed by atoms with Gasteiger partial charge in [0.05, 0.1) is 17.6 Å². The van der Waals surface area contributed by atoms with Crippen LogP contribution in [-0.2, 0) is 11.3 Å². The van der Waals surface area contributed by atoms with Gasteiger partial charge in [-0.3, -0.25) is 14.6 Å². The maximum atomic E-state index is 12.7. The van der Waals surface area contributed by atoms with Crippen molar-refractivity contribution in [3.63, 3.8) is 0 Å². The highest BCUT2D eigenvalue weighted by atomic mass is 79.9. The molecule has 4 rings (SSSR count). The van der Waals surface area contributed by atoms with Crippen LogP contribution >= 0.6 is 31.9 Å². The lowest BCUT2D eigenvalue weighted by Crippen LogP contribution is -2.51. The number of ketones is 1. The fourth-order valence-corrected chi connectivity index (χ4v) is 5.29. The SMILES string of the molecule is Nc1c(Br)cc(C(=O)CCC(=O)N2CCC(N3Cc4ccncc4NC3=O)CC2)cc1Br. The van der Waals surface area contributed by atoms with Crippen LogP contribution in [0.15, 0.2) is 39.5 Å². The molecule has 0 bridgehead atoms. The Bertz CT molecular complexity index is 1050. The second-order valence-corrected chi connectivity index (χ2v) is 9.69. The highest BCUT2D eigenvalue weighted by Crippen LogP contribution is 2.30. The Labute approximate surface area is 202 Å². The number of nitrogens with two attached hydrogens (primary N) is 1. The van der Waals surface area contributed by atoms with Crippen molar-refractivity contribution in [1.29, 1.82) is 0 Å². The molecule has 1 saturated heterocycles. The maximum Gasteiger partial charge on any atom is 0.322 e. The number of nitrogen functional groups attached to an aromatic ring is 1. The number of carbonyl (C=O) groups excluding carboxylic acids is 3.